The van der Waals surface area contributed by atoms with Crippen LogP contribution >= 0.6 is 11.6 Å². The van der Waals surface area contributed by atoms with Gasteiger partial charge in [-0.2, -0.15) is 0 Å². The van der Waals surface area contributed by atoms with Crippen molar-refractivity contribution in [2.75, 3.05) is 68.7 Å². The molecule has 1 unspecified atom stereocenters. The predicted molar refractivity (Wildman–Crippen MR) is 215 cm³/mol. The number of nitrogens with zero attached hydrogens (tertiary/aromatic N) is 6. The van der Waals surface area contributed by atoms with Crippen molar-refractivity contribution in [1.82, 2.24) is 20.0 Å². The summed E-state index contributed by atoms with van der Waals surface area (Å²) in [5.74, 6) is -0.840. The highest BCUT2D eigenvalue weighted by atomic mass is 35.5. The van der Waals surface area contributed by atoms with Gasteiger partial charge in [-0.25, -0.2) is 4.85 Å². The van der Waals surface area contributed by atoms with Crippen LogP contribution < -0.4 is 19.9 Å². The van der Waals surface area contributed by atoms with Crippen LogP contribution in [0.2, 0.25) is 5.02 Å². The van der Waals surface area contributed by atoms with Gasteiger partial charge in [0.15, 0.2) is 0 Å². The number of nitrogens with one attached hydrogen (secondary N) is 1. The highest BCUT2D eigenvalue weighted by molar-refractivity contribution is 6.33. The van der Waals surface area contributed by atoms with E-state index in [1.807, 2.05) is 35.2 Å². The number of carbonyl (C=O) groups excluding carboxylic acids is 5. The Morgan fingerprint density at radius 1 is 0.860 bits per heavy atom. The van der Waals surface area contributed by atoms with E-state index in [0.29, 0.717) is 52.2 Å². The second kappa shape index (κ2) is 15.5. The smallest absolute Gasteiger partial charge is 0.262 e. The number of benzene rings is 3. The summed E-state index contributed by atoms with van der Waals surface area (Å²) in [6, 6.07) is 17.4. The lowest BCUT2D eigenvalue weighted by atomic mass is 9.90. The molecule has 4 saturated heterocycles. The number of fused-ring (bicyclic) bond motifs is 1. The predicted octanol–water partition coefficient (Wildman–Crippen LogP) is 5.26. The number of halogens is 1. The van der Waals surface area contributed by atoms with Crippen LogP contribution in [0, 0.1) is 17.9 Å². The summed E-state index contributed by atoms with van der Waals surface area (Å²) in [6.45, 7) is 18.9. The van der Waals surface area contributed by atoms with Crippen LogP contribution in [0.15, 0.2) is 60.7 Å². The van der Waals surface area contributed by atoms with Gasteiger partial charge in [-0.1, -0.05) is 31.5 Å². The molecular weight excluding hydrogens is 746 g/mol. The molecule has 57 heavy (non-hydrogen) atoms. The van der Waals surface area contributed by atoms with Crippen molar-refractivity contribution >= 4 is 58.2 Å². The number of ether oxygens (including phenoxy) is 1. The van der Waals surface area contributed by atoms with Gasteiger partial charge < -0.3 is 19.4 Å². The number of piperazine rings is 1. The van der Waals surface area contributed by atoms with Crippen LogP contribution in [-0.2, 0) is 9.59 Å². The molecule has 0 spiro atoms. The summed E-state index contributed by atoms with van der Waals surface area (Å²) in [6.07, 6.45) is 2.06. The standard InChI is InChI=1S/C43H46ClN7O6/c1-43(2)26-50(25-37(43)57-31-9-11-35(45-3)34(44)23-31)40(54)28-4-6-29(7-5-28)49-20-18-47(19-21-49)24-27-14-16-48(17-15-27)30-8-10-32-33(22-30)42(56)51(41(32)55)36-12-13-38(52)46-39(36)53/h4-11,22-23,27,36-37H,12-21,24-26H2,1-2H3,(H,46,52,53)/t36?,37-/m0/s1. The lowest BCUT2D eigenvalue weighted by Crippen LogP contribution is -2.54. The van der Waals surface area contributed by atoms with Gasteiger partial charge in [-0.05, 0) is 79.8 Å². The van der Waals surface area contributed by atoms with E-state index < -0.39 is 29.7 Å². The number of imide groups is 2. The van der Waals surface area contributed by atoms with Gasteiger partial charge in [0.05, 0.1) is 29.3 Å². The van der Waals surface area contributed by atoms with Gasteiger partial charge >= 0.3 is 0 Å². The van der Waals surface area contributed by atoms with Crippen LogP contribution in [0.3, 0.4) is 0 Å². The Morgan fingerprint density at radius 3 is 2.23 bits per heavy atom. The first kappa shape index (κ1) is 38.4. The number of carbonyl (C=O) groups is 5. The average Bonchev–Trinajstić information content (AvgIpc) is 3.64. The molecule has 0 bridgehead atoms. The topological polar surface area (TPSA) is 127 Å². The van der Waals surface area contributed by atoms with Gasteiger partial charge in [0, 0.05) is 81.1 Å². The average molecular weight is 792 g/mol. The Hall–Kier alpha value is -5.45. The molecule has 13 nitrogen and oxygen atoms in total. The van der Waals surface area contributed by atoms with E-state index in [1.54, 1.807) is 30.3 Å². The molecule has 5 heterocycles. The zero-order chi connectivity index (χ0) is 40.0. The monoisotopic (exact) mass is 791 g/mol. The normalized spacial score (nSPS) is 22.8. The second-order valence-electron chi connectivity index (χ2n) is 16.4. The summed E-state index contributed by atoms with van der Waals surface area (Å²) in [5, 5.41) is 2.60. The highest BCUT2D eigenvalue weighted by Gasteiger charge is 2.45. The van der Waals surface area contributed by atoms with Gasteiger partial charge in [-0.3, -0.25) is 39.1 Å². The summed E-state index contributed by atoms with van der Waals surface area (Å²) >= 11 is 6.23. The lowest BCUT2D eigenvalue weighted by molar-refractivity contribution is -0.136. The molecule has 8 rings (SSSR count). The Kier molecular flexibility index (Phi) is 10.4. The first-order chi connectivity index (χ1) is 27.4. The fourth-order valence-corrected chi connectivity index (χ4v) is 9.07. The van der Waals surface area contributed by atoms with E-state index in [-0.39, 0.29) is 30.3 Å². The van der Waals surface area contributed by atoms with Crippen LogP contribution in [0.4, 0.5) is 17.1 Å². The Bertz CT molecular complexity index is 2150. The first-order valence-corrected chi connectivity index (χ1v) is 20.1. The minimum atomic E-state index is -0.971. The number of hydrogen-bond acceptors (Lipinski definition) is 9. The van der Waals surface area contributed by atoms with Crippen LogP contribution in [0.5, 0.6) is 5.75 Å². The molecule has 0 aromatic heterocycles. The molecule has 2 atom stereocenters. The van der Waals surface area contributed by atoms with Crippen LogP contribution in [-0.4, -0.2) is 115 Å². The van der Waals surface area contributed by atoms with E-state index >= 15 is 0 Å². The summed E-state index contributed by atoms with van der Waals surface area (Å²) in [7, 11) is 0. The number of rotatable bonds is 8. The third kappa shape index (κ3) is 7.68. The van der Waals surface area contributed by atoms with Crippen molar-refractivity contribution < 1.29 is 28.7 Å². The maximum absolute atomic E-state index is 13.6. The van der Waals surface area contributed by atoms with E-state index in [9.17, 15) is 24.0 Å². The second-order valence-corrected chi connectivity index (χ2v) is 16.9. The fraction of sp³-hybridized carbons (Fsp3) is 0.442. The molecule has 296 valence electrons. The van der Waals surface area contributed by atoms with Crippen molar-refractivity contribution in [3.05, 3.63) is 93.8 Å². The Labute approximate surface area is 337 Å². The molecule has 0 aliphatic carbocycles. The fourth-order valence-electron chi connectivity index (χ4n) is 8.85. The largest absolute Gasteiger partial charge is 0.488 e. The molecule has 5 aliphatic heterocycles. The van der Waals surface area contributed by atoms with Crippen LogP contribution in [0.1, 0.15) is 70.6 Å². The third-order valence-corrected chi connectivity index (χ3v) is 12.5. The van der Waals surface area contributed by atoms with Crippen molar-refractivity contribution in [3.8, 4) is 5.75 Å². The SMILES string of the molecule is [C-]#[N+]c1ccc(O[C@H]2CN(C(=O)c3ccc(N4CCN(CC5CCN(c6ccc7c(c6)C(=O)N(C6CCC(=O)NC6=O)C7=O)CC5)CC4)cc3)CC2(C)C)cc1Cl. The van der Waals surface area contributed by atoms with Gasteiger partial charge in [0.1, 0.15) is 17.9 Å². The molecule has 5 aliphatic rings. The molecule has 3 aromatic carbocycles. The van der Waals surface area contributed by atoms with Gasteiger partial charge in [0.25, 0.3) is 17.7 Å². The van der Waals surface area contributed by atoms with Crippen molar-refractivity contribution in [2.45, 2.75) is 51.7 Å². The number of likely N-dealkylation sites (tertiary alicyclic amines) is 1. The highest BCUT2D eigenvalue weighted by Crippen LogP contribution is 2.37. The number of hydrogen-bond donors (Lipinski definition) is 1. The zero-order valence-corrected chi connectivity index (χ0v) is 33.0. The molecule has 14 heteroatoms. The number of anilines is 2. The third-order valence-electron chi connectivity index (χ3n) is 12.2. The van der Waals surface area contributed by atoms with Gasteiger partial charge in [0.2, 0.25) is 17.5 Å². The number of piperidine rings is 2. The minimum absolute atomic E-state index is 0.0193. The molecule has 3 aromatic rings. The van der Waals surface area contributed by atoms with E-state index in [1.165, 1.54) is 0 Å². The summed E-state index contributed by atoms with van der Waals surface area (Å²) < 4.78 is 6.28. The Balaban J connectivity index is 0.793. The molecule has 1 N–H and O–H groups in total. The molecule has 0 saturated carbocycles. The van der Waals surface area contributed by atoms with E-state index in [4.69, 9.17) is 22.9 Å². The molecule has 4 fully saturated rings. The summed E-state index contributed by atoms with van der Waals surface area (Å²) in [5.41, 5.74) is 3.38. The molecular formula is C43H46ClN7O6. The van der Waals surface area contributed by atoms with Crippen LogP contribution in [0.25, 0.3) is 4.85 Å². The maximum atomic E-state index is 13.6. The maximum Gasteiger partial charge on any atom is 0.262 e. The van der Waals surface area contributed by atoms with Crippen molar-refractivity contribution in [1.29, 1.82) is 0 Å². The van der Waals surface area contributed by atoms with E-state index in [2.05, 4.69) is 38.7 Å². The quantitative estimate of drug-likeness (QED) is 0.240. The van der Waals surface area contributed by atoms with Crippen molar-refractivity contribution in [2.24, 2.45) is 11.3 Å². The molecule has 5 amide bonds. The van der Waals surface area contributed by atoms with Crippen molar-refractivity contribution in [3.63, 3.8) is 0 Å². The summed E-state index contributed by atoms with van der Waals surface area (Å²) in [4.78, 5) is 77.6. The molecule has 0 radical (unpaired) electrons. The first-order valence-electron chi connectivity index (χ1n) is 19.7. The Morgan fingerprint density at radius 2 is 1.54 bits per heavy atom. The zero-order valence-electron chi connectivity index (χ0n) is 32.2. The lowest BCUT2D eigenvalue weighted by Gasteiger charge is -2.40. The minimum Gasteiger partial charge on any atom is -0.488 e. The van der Waals surface area contributed by atoms with Gasteiger partial charge in [-0.15, -0.1) is 0 Å². The number of amides is 5. The van der Waals surface area contributed by atoms with E-state index in [0.717, 1.165) is 74.9 Å².